The summed E-state index contributed by atoms with van der Waals surface area (Å²) < 4.78 is 24.3. The molecule has 0 radical (unpaired) electrons. The summed E-state index contributed by atoms with van der Waals surface area (Å²) in [5, 5.41) is 0. The molecule has 0 amide bonds. The highest BCUT2D eigenvalue weighted by molar-refractivity contribution is 7.89. The lowest BCUT2D eigenvalue weighted by Crippen LogP contribution is -2.30. The predicted octanol–water partition coefficient (Wildman–Crippen LogP) is 1.07. The van der Waals surface area contributed by atoms with Gasteiger partial charge in [-0.1, -0.05) is 20.3 Å². The molecular weight excluding hydrogens is 174 g/mol. The van der Waals surface area contributed by atoms with Gasteiger partial charge in [0.2, 0.25) is 10.0 Å². The first-order chi connectivity index (χ1) is 5.56. The topological polar surface area (TPSA) is 37.4 Å². The van der Waals surface area contributed by atoms with Gasteiger partial charge in [0.1, 0.15) is 0 Å². The van der Waals surface area contributed by atoms with E-state index in [0.29, 0.717) is 18.2 Å². The highest BCUT2D eigenvalue weighted by Gasteiger charge is 2.28. The molecule has 1 rings (SSSR count). The monoisotopic (exact) mass is 191 g/mol. The van der Waals surface area contributed by atoms with Crippen molar-refractivity contribution in [2.75, 3.05) is 18.8 Å². The lowest BCUT2D eigenvalue weighted by Gasteiger charge is -2.17. The molecule has 4 heteroatoms. The average Bonchev–Trinajstić information content (AvgIpc) is 2.31. The van der Waals surface area contributed by atoms with Gasteiger partial charge in [0.05, 0.1) is 5.75 Å². The summed E-state index contributed by atoms with van der Waals surface area (Å²) in [6.45, 7) is 5.62. The van der Waals surface area contributed by atoms with Gasteiger partial charge in [-0.3, -0.25) is 0 Å². The molecule has 12 heavy (non-hydrogen) atoms. The van der Waals surface area contributed by atoms with Crippen molar-refractivity contribution in [3.05, 3.63) is 0 Å². The third-order valence-electron chi connectivity index (χ3n) is 2.42. The van der Waals surface area contributed by atoms with Crippen LogP contribution in [-0.2, 0) is 10.0 Å². The van der Waals surface area contributed by atoms with Crippen molar-refractivity contribution >= 4 is 10.0 Å². The second-order valence-corrected chi connectivity index (χ2v) is 5.63. The fraction of sp³-hybridized carbons (Fsp3) is 1.00. The molecule has 3 nitrogen and oxygen atoms in total. The Bertz CT molecular complexity index is 235. The first-order valence-corrected chi connectivity index (χ1v) is 6.15. The molecule has 1 saturated heterocycles. The van der Waals surface area contributed by atoms with Crippen LogP contribution in [0.4, 0.5) is 0 Å². The van der Waals surface area contributed by atoms with Crippen LogP contribution in [0.5, 0.6) is 0 Å². The smallest absolute Gasteiger partial charge is 0.212 e. The molecule has 0 saturated carbocycles. The molecular formula is C8H17NO2S. The summed E-state index contributed by atoms with van der Waals surface area (Å²) in [6.07, 6.45) is 1.85. The fourth-order valence-electron chi connectivity index (χ4n) is 1.37. The van der Waals surface area contributed by atoms with Gasteiger partial charge in [-0.05, 0) is 12.3 Å². The summed E-state index contributed by atoms with van der Waals surface area (Å²) in [5.41, 5.74) is 0. The molecule has 1 heterocycles. The van der Waals surface area contributed by atoms with Crippen LogP contribution in [0.25, 0.3) is 0 Å². The Balaban J connectivity index is 2.53. The molecule has 0 aromatic carbocycles. The largest absolute Gasteiger partial charge is 0.214 e. The second kappa shape index (κ2) is 3.75. The van der Waals surface area contributed by atoms with Crippen molar-refractivity contribution in [1.82, 2.24) is 4.31 Å². The first-order valence-electron chi connectivity index (χ1n) is 4.54. The molecule has 0 aromatic heterocycles. The standard InChI is InChI=1S/C8H17NO2S/c1-3-8(2)7-9-5-4-6-12(9,10)11/h8H,3-7H2,1-2H3/t8-/m0/s1. The van der Waals surface area contributed by atoms with Gasteiger partial charge in [0, 0.05) is 13.1 Å². The van der Waals surface area contributed by atoms with Crippen molar-refractivity contribution in [2.24, 2.45) is 5.92 Å². The van der Waals surface area contributed by atoms with Gasteiger partial charge in [-0.2, -0.15) is 0 Å². The molecule has 72 valence electrons. The Morgan fingerprint density at radius 2 is 2.17 bits per heavy atom. The number of nitrogens with zero attached hydrogens (tertiary/aromatic N) is 1. The highest BCUT2D eigenvalue weighted by Crippen LogP contribution is 2.16. The molecule has 1 fully saturated rings. The normalized spacial score (nSPS) is 25.8. The van der Waals surface area contributed by atoms with E-state index in [1.165, 1.54) is 0 Å². The number of hydrogen-bond donors (Lipinski definition) is 0. The zero-order valence-corrected chi connectivity index (χ0v) is 8.60. The Kier molecular flexibility index (Phi) is 3.12. The molecule has 0 aromatic rings. The van der Waals surface area contributed by atoms with Crippen molar-refractivity contribution in [1.29, 1.82) is 0 Å². The van der Waals surface area contributed by atoms with Gasteiger partial charge in [-0.25, -0.2) is 12.7 Å². The Hall–Kier alpha value is -0.0900. The fourth-order valence-corrected chi connectivity index (χ4v) is 3.01. The minimum Gasteiger partial charge on any atom is -0.212 e. The third kappa shape index (κ3) is 2.20. The maximum absolute atomic E-state index is 11.3. The molecule has 0 bridgehead atoms. The number of hydrogen-bond acceptors (Lipinski definition) is 2. The zero-order chi connectivity index (χ0) is 9.19. The quantitative estimate of drug-likeness (QED) is 0.669. The van der Waals surface area contributed by atoms with Gasteiger partial charge >= 0.3 is 0 Å². The van der Waals surface area contributed by atoms with Crippen LogP contribution in [0.2, 0.25) is 0 Å². The van der Waals surface area contributed by atoms with E-state index in [-0.39, 0.29) is 0 Å². The van der Waals surface area contributed by atoms with E-state index in [9.17, 15) is 8.42 Å². The van der Waals surface area contributed by atoms with Crippen LogP contribution in [0.15, 0.2) is 0 Å². The second-order valence-electron chi connectivity index (χ2n) is 3.54. The van der Waals surface area contributed by atoms with E-state index < -0.39 is 10.0 Å². The molecule has 0 aliphatic carbocycles. The Labute approximate surface area is 74.8 Å². The summed E-state index contributed by atoms with van der Waals surface area (Å²) in [6, 6.07) is 0. The number of sulfonamides is 1. The highest BCUT2D eigenvalue weighted by atomic mass is 32.2. The average molecular weight is 191 g/mol. The SMILES string of the molecule is CC[C@H](C)CN1CCCS1(=O)=O. The molecule has 1 aliphatic rings. The van der Waals surface area contributed by atoms with Gasteiger partial charge in [-0.15, -0.1) is 0 Å². The molecule has 1 aliphatic heterocycles. The maximum Gasteiger partial charge on any atom is 0.214 e. The van der Waals surface area contributed by atoms with Crippen LogP contribution < -0.4 is 0 Å². The summed E-state index contributed by atoms with van der Waals surface area (Å²) in [4.78, 5) is 0. The summed E-state index contributed by atoms with van der Waals surface area (Å²) >= 11 is 0. The molecule has 0 unspecified atom stereocenters. The summed E-state index contributed by atoms with van der Waals surface area (Å²) in [5.74, 6) is 0.835. The van der Waals surface area contributed by atoms with E-state index >= 15 is 0 Å². The van der Waals surface area contributed by atoms with E-state index in [1.54, 1.807) is 4.31 Å². The number of rotatable bonds is 3. The molecule has 0 N–H and O–H groups in total. The maximum atomic E-state index is 11.3. The third-order valence-corrected chi connectivity index (χ3v) is 4.34. The van der Waals surface area contributed by atoms with Crippen molar-refractivity contribution < 1.29 is 8.42 Å². The van der Waals surface area contributed by atoms with Crippen LogP contribution in [0.3, 0.4) is 0 Å². The van der Waals surface area contributed by atoms with E-state index in [4.69, 9.17) is 0 Å². The van der Waals surface area contributed by atoms with Crippen molar-refractivity contribution in [2.45, 2.75) is 26.7 Å². The van der Waals surface area contributed by atoms with Crippen molar-refractivity contribution in [3.63, 3.8) is 0 Å². The van der Waals surface area contributed by atoms with Gasteiger partial charge in [0.15, 0.2) is 0 Å². The summed E-state index contributed by atoms with van der Waals surface area (Å²) in [7, 11) is -2.86. The van der Waals surface area contributed by atoms with E-state index in [1.807, 2.05) is 0 Å². The van der Waals surface area contributed by atoms with Crippen LogP contribution in [0.1, 0.15) is 26.7 Å². The molecule has 1 atom stereocenters. The van der Waals surface area contributed by atoms with Crippen LogP contribution >= 0.6 is 0 Å². The lowest BCUT2D eigenvalue weighted by atomic mass is 10.1. The Morgan fingerprint density at radius 1 is 1.50 bits per heavy atom. The van der Waals surface area contributed by atoms with E-state index in [0.717, 1.165) is 19.4 Å². The van der Waals surface area contributed by atoms with Crippen LogP contribution in [0, 0.1) is 5.92 Å². The van der Waals surface area contributed by atoms with Crippen LogP contribution in [-0.4, -0.2) is 31.6 Å². The minimum absolute atomic E-state index is 0.351. The predicted molar refractivity (Wildman–Crippen MR) is 49.4 cm³/mol. The van der Waals surface area contributed by atoms with Gasteiger partial charge in [0.25, 0.3) is 0 Å². The first kappa shape index (κ1) is 9.99. The molecule has 0 spiro atoms. The van der Waals surface area contributed by atoms with Gasteiger partial charge < -0.3 is 0 Å². The van der Waals surface area contributed by atoms with E-state index in [2.05, 4.69) is 13.8 Å². The Morgan fingerprint density at radius 3 is 2.58 bits per heavy atom. The van der Waals surface area contributed by atoms with Crippen molar-refractivity contribution in [3.8, 4) is 0 Å². The zero-order valence-electron chi connectivity index (χ0n) is 7.78. The minimum atomic E-state index is -2.86. The lowest BCUT2D eigenvalue weighted by molar-refractivity contribution is 0.371.